The molecule has 0 spiro atoms. The van der Waals surface area contributed by atoms with Crippen LogP contribution in [0.5, 0.6) is 0 Å². The Balaban J connectivity index is 1.48. The van der Waals surface area contributed by atoms with Crippen molar-refractivity contribution >= 4 is 11.7 Å². The summed E-state index contributed by atoms with van der Waals surface area (Å²) in [5, 5.41) is 3.30. The Hall–Kier alpha value is -2.47. The van der Waals surface area contributed by atoms with Gasteiger partial charge in [-0.3, -0.25) is 9.69 Å². The Kier molecular flexibility index (Phi) is 6.09. The second-order valence-electron chi connectivity index (χ2n) is 8.17. The minimum atomic E-state index is 0.149. The molecule has 0 saturated carbocycles. The lowest BCUT2D eigenvalue weighted by Crippen LogP contribution is -2.38. The van der Waals surface area contributed by atoms with Crippen LogP contribution in [0.2, 0.25) is 0 Å². The number of carbonyl (C=O) groups is 1. The molecule has 0 aliphatic carbocycles. The zero-order valence-corrected chi connectivity index (χ0v) is 17.5. The van der Waals surface area contributed by atoms with Crippen LogP contribution < -0.4 is 5.32 Å². The number of nitrogens with one attached hydrogen (secondary N) is 1. The van der Waals surface area contributed by atoms with Crippen molar-refractivity contribution in [3.8, 4) is 0 Å². The number of anilines is 1. The Labute approximate surface area is 173 Å². The highest BCUT2D eigenvalue weighted by molar-refractivity contribution is 5.73. The van der Waals surface area contributed by atoms with Crippen LogP contribution in [0.15, 0.2) is 30.3 Å². The number of hydrogen-bond donors (Lipinski definition) is 1. The van der Waals surface area contributed by atoms with E-state index in [-0.39, 0.29) is 11.8 Å². The fourth-order valence-electron chi connectivity index (χ4n) is 4.48. The monoisotopic (exact) mass is 393 g/mol. The van der Waals surface area contributed by atoms with Crippen molar-refractivity contribution in [1.82, 2.24) is 19.8 Å². The predicted octanol–water partition coefficient (Wildman–Crippen LogP) is 2.85. The van der Waals surface area contributed by atoms with Crippen LogP contribution in [0.1, 0.15) is 48.3 Å². The van der Waals surface area contributed by atoms with E-state index < -0.39 is 0 Å². The minimum Gasteiger partial charge on any atom is -0.373 e. The fraction of sp³-hybridized carbons (Fsp3) is 0.522. The van der Waals surface area contributed by atoms with Gasteiger partial charge in [0.15, 0.2) is 0 Å². The Morgan fingerprint density at radius 1 is 1.21 bits per heavy atom. The molecule has 0 bridgehead atoms. The lowest BCUT2D eigenvalue weighted by atomic mass is 9.96. The van der Waals surface area contributed by atoms with Gasteiger partial charge in [0.1, 0.15) is 11.6 Å². The van der Waals surface area contributed by atoms with Gasteiger partial charge in [-0.2, -0.15) is 0 Å². The molecular weight excluding hydrogens is 362 g/mol. The van der Waals surface area contributed by atoms with Gasteiger partial charge in [-0.25, -0.2) is 9.97 Å². The number of hydrogen-bond acceptors (Lipinski definition) is 5. The highest BCUT2D eigenvalue weighted by Gasteiger charge is 2.28. The highest BCUT2D eigenvalue weighted by atomic mass is 16.2. The first-order valence-corrected chi connectivity index (χ1v) is 10.7. The first-order valence-electron chi connectivity index (χ1n) is 10.7. The maximum absolute atomic E-state index is 11.8. The summed E-state index contributed by atoms with van der Waals surface area (Å²) < 4.78 is 0. The lowest BCUT2D eigenvalue weighted by Gasteiger charge is -2.33. The molecule has 3 heterocycles. The molecule has 1 fully saturated rings. The standard InChI is InChI=1S/C23H31N5O/c1-17(29)28-12-6-9-19(15-28)22-25-21-11-14-27(16-20(21)23(24-2)26-22)13-10-18-7-4-3-5-8-18/h3-5,7-8,19H,6,9-16H2,1-2H3,(H,24,25,26). The van der Waals surface area contributed by atoms with E-state index in [1.54, 1.807) is 6.92 Å². The second-order valence-corrected chi connectivity index (χ2v) is 8.17. The third-order valence-electron chi connectivity index (χ3n) is 6.18. The molecule has 154 valence electrons. The highest BCUT2D eigenvalue weighted by Crippen LogP contribution is 2.30. The summed E-state index contributed by atoms with van der Waals surface area (Å²) in [5.41, 5.74) is 3.79. The Morgan fingerprint density at radius 3 is 2.79 bits per heavy atom. The van der Waals surface area contributed by atoms with Crippen LogP contribution in [0, 0.1) is 0 Å². The molecule has 0 radical (unpaired) electrons. The summed E-state index contributed by atoms with van der Waals surface area (Å²) in [7, 11) is 1.94. The molecule has 2 aliphatic rings. The van der Waals surface area contributed by atoms with Crippen LogP contribution >= 0.6 is 0 Å². The van der Waals surface area contributed by atoms with E-state index in [9.17, 15) is 4.79 Å². The number of carbonyl (C=O) groups excluding carboxylic acids is 1. The van der Waals surface area contributed by atoms with Gasteiger partial charge in [0.05, 0.1) is 5.69 Å². The number of amides is 1. The molecule has 2 aromatic rings. The number of piperidine rings is 1. The lowest BCUT2D eigenvalue weighted by molar-refractivity contribution is -0.130. The summed E-state index contributed by atoms with van der Waals surface area (Å²) in [4.78, 5) is 26.1. The topological polar surface area (TPSA) is 61.4 Å². The molecule has 4 rings (SSSR count). The first kappa shape index (κ1) is 19.8. The van der Waals surface area contributed by atoms with Crippen LogP contribution in [-0.2, 0) is 24.2 Å². The van der Waals surface area contributed by atoms with Gasteiger partial charge in [0.25, 0.3) is 0 Å². The van der Waals surface area contributed by atoms with Crippen molar-refractivity contribution in [2.45, 2.75) is 45.1 Å². The summed E-state index contributed by atoms with van der Waals surface area (Å²) in [6.07, 6.45) is 4.09. The molecule has 29 heavy (non-hydrogen) atoms. The molecule has 1 unspecified atom stereocenters. The van der Waals surface area contributed by atoms with Crippen LogP contribution in [0.3, 0.4) is 0 Å². The van der Waals surface area contributed by atoms with Gasteiger partial charge in [-0.15, -0.1) is 0 Å². The average Bonchev–Trinajstić information content (AvgIpc) is 2.77. The van der Waals surface area contributed by atoms with Crippen molar-refractivity contribution in [3.63, 3.8) is 0 Å². The smallest absolute Gasteiger partial charge is 0.219 e. The van der Waals surface area contributed by atoms with E-state index in [2.05, 4.69) is 40.5 Å². The molecule has 1 aromatic carbocycles. The molecule has 1 saturated heterocycles. The van der Waals surface area contributed by atoms with E-state index in [1.165, 1.54) is 16.8 Å². The van der Waals surface area contributed by atoms with Crippen molar-refractivity contribution < 1.29 is 4.79 Å². The normalized spacial score (nSPS) is 19.7. The summed E-state index contributed by atoms with van der Waals surface area (Å²) in [6, 6.07) is 10.7. The molecule has 1 atom stereocenters. The number of aromatic nitrogens is 2. The second kappa shape index (κ2) is 8.91. The number of likely N-dealkylation sites (tertiary alicyclic amines) is 1. The maximum atomic E-state index is 11.8. The van der Waals surface area contributed by atoms with Gasteiger partial charge < -0.3 is 10.2 Å². The minimum absolute atomic E-state index is 0.149. The Morgan fingerprint density at radius 2 is 2.03 bits per heavy atom. The third kappa shape index (κ3) is 4.58. The maximum Gasteiger partial charge on any atom is 0.219 e. The van der Waals surface area contributed by atoms with Crippen molar-refractivity contribution in [1.29, 1.82) is 0 Å². The zero-order chi connectivity index (χ0) is 20.2. The van der Waals surface area contributed by atoms with Crippen molar-refractivity contribution in [2.75, 3.05) is 38.5 Å². The van der Waals surface area contributed by atoms with Gasteiger partial charge in [-0.1, -0.05) is 30.3 Å². The summed E-state index contributed by atoms with van der Waals surface area (Å²) in [5.74, 6) is 2.24. The van der Waals surface area contributed by atoms with Gasteiger partial charge >= 0.3 is 0 Å². The predicted molar refractivity (Wildman–Crippen MR) is 115 cm³/mol. The Bertz CT molecular complexity index is 837. The zero-order valence-electron chi connectivity index (χ0n) is 17.5. The molecule has 6 heteroatoms. The van der Waals surface area contributed by atoms with Crippen LogP contribution in [0.25, 0.3) is 0 Å². The van der Waals surface area contributed by atoms with Gasteiger partial charge in [-0.05, 0) is 24.8 Å². The van der Waals surface area contributed by atoms with Gasteiger partial charge in [0, 0.05) is 64.6 Å². The van der Waals surface area contributed by atoms with Crippen LogP contribution in [0.4, 0.5) is 5.82 Å². The van der Waals surface area contributed by atoms with E-state index >= 15 is 0 Å². The quantitative estimate of drug-likeness (QED) is 0.846. The average molecular weight is 394 g/mol. The SMILES string of the molecule is CNc1nc(C2CCCN(C(C)=O)C2)nc2c1CN(CCc1ccccc1)CC2. The molecule has 1 aromatic heterocycles. The van der Waals surface area contributed by atoms with E-state index in [0.29, 0.717) is 0 Å². The van der Waals surface area contributed by atoms with E-state index in [0.717, 1.165) is 70.0 Å². The number of rotatable bonds is 5. The third-order valence-corrected chi connectivity index (χ3v) is 6.18. The largest absolute Gasteiger partial charge is 0.373 e. The van der Waals surface area contributed by atoms with Crippen LogP contribution in [-0.4, -0.2) is 58.9 Å². The van der Waals surface area contributed by atoms with Crippen molar-refractivity contribution in [2.24, 2.45) is 0 Å². The molecule has 2 aliphatic heterocycles. The number of fused-ring (bicyclic) bond motifs is 1. The fourth-order valence-corrected chi connectivity index (χ4v) is 4.48. The first-order chi connectivity index (χ1) is 14.1. The summed E-state index contributed by atoms with van der Waals surface area (Å²) >= 11 is 0. The summed E-state index contributed by atoms with van der Waals surface area (Å²) in [6.45, 7) is 6.21. The number of benzene rings is 1. The molecule has 1 amide bonds. The van der Waals surface area contributed by atoms with Crippen molar-refractivity contribution in [3.05, 3.63) is 53.0 Å². The molecule has 1 N–H and O–H groups in total. The van der Waals surface area contributed by atoms with E-state index in [4.69, 9.17) is 9.97 Å². The molecule has 6 nitrogen and oxygen atoms in total. The number of nitrogens with zero attached hydrogens (tertiary/aromatic N) is 4. The molecular formula is C23H31N5O. The van der Waals surface area contributed by atoms with Gasteiger partial charge in [0.2, 0.25) is 5.91 Å². The van der Waals surface area contributed by atoms with E-state index in [1.807, 2.05) is 11.9 Å².